The molecule has 2 unspecified atom stereocenters. The number of hydrogen-bond donors (Lipinski definition) is 3. The molecule has 0 spiro atoms. The Labute approximate surface area is 113 Å². The summed E-state index contributed by atoms with van der Waals surface area (Å²) in [5, 5.41) is 5.50. The number of nitrogens with two attached hydrogens (primary N) is 1. The van der Waals surface area contributed by atoms with Gasteiger partial charge in [-0.2, -0.15) is 0 Å². The van der Waals surface area contributed by atoms with Gasteiger partial charge in [0.2, 0.25) is 11.8 Å². The standard InChI is InChI=1S/C12H21N3O2S/c1-6(2)9(10(13)18)12(17)14-7(3)11(16)15-8-4-5-8/h6-9H,4-5H2,1-3H3,(H2,13,18)(H,14,17)(H,15,16). The molecule has 1 aliphatic carbocycles. The Morgan fingerprint density at radius 1 is 1.22 bits per heavy atom. The quantitative estimate of drug-likeness (QED) is 0.608. The van der Waals surface area contributed by atoms with Gasteiger partial charge in [-0.05, 0) is 25.7 Å². The smallest absolute Gasteiger partial charge is 0.242 e. The first-order chi connectivity index (χ1) is 8.32. The molecule has 1 saturated carbocycles. The molecule has 6 heteroatoms. The zero-order valence-corrected chi connectivity index (χ0v) is 11.8. The fourth-order valence-electron chi connectivity index (χ4n) is 1.68. The van der Waals surface area contributed by atoms with Crippen molar-refractivity contribution in [1.29, 1.82) is 0 Å². The molecule has 0 aromatic carbocycles. The van der Waals surface area contributed by atoms with Gasteiger partial charge in [0.1, 0.15) is 6.04 Å². The van der Waals surface area contributed by atoms with Crippen molar-refractivity contribution < 1.29 is 9.59 Å². The van der Waals surface area contributed by atoms with Crippen LogP contribution in [0.25, 0.3) is 0 Å². The second kappa shape index (κ2) is 6.13. The lowest BCUT2D eigenvalue weighted by Gasteiger charge is -2.21. The summed E-state index contributed by atoms with van der Waals surface area (Å²) < 4.78 is 0. The maximum absolute atomic E-state index is 12.0. The van der Waals surface area contributed by atoms with Crippen molar-refractivity contribution in [3.8, 4) is 0 Å². The molecule has 0 bridgehead atoms. The van der Waals surface area contributed by atoms with Crippen LogP contribution in [-0.2, 0) is 9.59 Å². The number of nitrogens with one attached hydrogen (secondary N) is 2. The Morgan fingerprint density at radius 3 is 2.17 bits per heavy atom. The molecule has 0 radical (unpaired) electrons. The van der Waals surface area contributed by atoms with E-state index in [1.807, 2.05) is 13.8 Å². The van der Waals surface area contributed by atoms with E-state index in [4.69, 9.17) is 18.0 Å². The monoisotopic (exact) mass is 271 g/mol. The van der Waals surface area contributed by atoms with Gasteiger partial charge in [-0.1, -0.05) is 26.1 Å². The second-order valence-electron chi connectivity index (χ2n) is 5.14. The molecule has 2 atom stereocenters. The minimum atomic E-state index is -0.561. The molecule has 1 fully saturated rings. The summed E-state index contributed by atoms with van der Waals surface area (Å²) >= 11 is 4.88. The highest BCUT2D eigenvalue weighted by molar-refractivity contribution is 7.80. The molecule has 18 heavy (non-hydrogen) atoms. The number of amides is 2. The Kier molecular flexibility index (Phi) is 5.07. The first kappa shape index (κ1) is 14.9. The molecule has 0 heterocycles. The molecule has 1 aliphatic rings. The average Bonchev–Trinajstić information content (AvgIpc) is 2.99. The van der Waals surface area contributed by atoms with Crippen LogP contribution in [0.3, 0.4) is 0 Å². The van der Waals surface area contributed by atoms with Crippen molar-refractivity contribution >= 4 is 29.0 Å². The molecule has 102 valence electrons. The lowest BCUT2D eigenvalue weighted by Crippen LogP contribution is -2.50. The molecule has 5 nitrogen and oxygen atoms in total. The van der Waals surface area contributed by atoms with Crippen molar-refractivity contribution in [1.82, 2.24) is 10.6 Å². The van der Waals surface area contributed by atoms with Crippen LogP contribution >= 0.6 is 12.2 Å². The van der Waals surface area contributed by atoms with Crippen LogP contribution in [0.5, 0.6) is 0 Å². The van der Waals surface area contributed by atoms with Gasteiger partial charge in [-0.15, -0.1) is 0 Å². The van der Waals surface area contributed by atoms with E-state index in [-0.39, 0.29) is 28.8 Å². The number of rotatable bonds is 6. The third-order valence-electron chi connectivity index (χ3n) is 2.93. The summed E-state index contributed by atoms with van der Waals surface area (Å²) in [5.74, 6) is -0.954. The first-order valence-electron chi connectivity index (χ1n) is 6.23. The fourth-order valence-corrected chi connectivity index (χ4v) is 2.06. The lowest BCUT2D eigenvalue weighted by atomic mass is 9.94. The van der Waals surface area contributed by atoms with Crippen molar-refractivity contribution in [2.75, 3.05) is 0 Å². The van der Waals surface area contributed by atoms with Gasteiger partial charge >= 0.3 is 0 Å². The van der Waals surface area contributed by atoms with Crippen LogP contribution in [0.15, 0.2) is 0 Å². The zero-order valence-electron chi connectivity index (χ0n) is 11.0. The van der Waals surface area contributed by atoms with E-state index in [1.54, 1.807) is 6.92 Å². The summed E-state index contributed by atoms with van der Waals surface area (Å²) in [6.45, 7) is 5.41. The van der Waals surface area contributed by atoms with Crippen LogP contribution in [0, 0.1) is 11.8 Å². The minimum absolute atomic E-state index is 0.0150. The van der Waals surface area contributed by atoms with E-state index >= 15 is 0 Å². The Hall–Kier alpha value is -1.17. The average molecular weight is 271 g/mol. The summed E-state index contributed by atoms with van der Waals surface area (Å²) in [6.07, 6.45) is 2.04. The second-order valence-corrected chi connectivity index (χ2v) is 5.61. The minimum Gasteiger partial charge on any atom is -0.393 e. The summed E-state index contributed by atoms with van der Waals surface area (Å²) in [6, 6.07) is -0.276. The van der Waals surface area contributed by atoms with E-state index in [2.05, 4.69) is 10.6 Å². The fraction of sp³-hybridized carbons (Fsp3) is 0.750. The van der Waals surface area contributed by atoms with Gasteiger partial charge in [0.05, 0.1) is 10.9 Å². The molecule has 2 amide bonds. The predicted molar refractivity (Wildman–Crippen MR) is 73.9 cm³/mol. The molecule has 0 aromatic heterocycles. The number of thiocarbonyl (C=S) groups is 1. The SMILES string of the molecule is CC(NC(=O)C(C(N)=S)C(C)C)C(=O)NC1CC1. The third-order valence-corrected chi connectivity index (χ3v) is 3.19. The van der Waals surface area contributed by atoms with E-state index in [0.717, 1.165) is 12.8 Å². The van der Waals surface area contributed by atoms with E-state index in [1.165, 1.54) is 0 Å². The third kappa shape index (κ3) is 4.25. The predicted octanol–water partition coefficient (Wildman–Crippen LogP) is 0.328. The Balaban J connectivity index is 2.50. The molecule has 1 rings (SSSR count). The van der Waals surface area contributed by atoms with Crippen molar-refractivity contribution in [3.63, 3.8) is 0 Å². The van der Waals surface area contributed by atoms with Gasteiger partial charge in [0.25, 0.3) is 0 Å². The topological polar surface area (TPSA) is 84.2 Å². The molecular weight excluding hydrogens is 250 g/mol. The van der Waals surface area contributed by atoms with Crippen molar-refractivity contribution in [2.45, 2.75) is 45.7 Å². The zero-order chi connectivity index (χ0) is 13.9. The van der Waals surface area contributed by atoms with Crippen LogP contribution < -0.4 is 16.4 Å². The van der Waals surface area contributed by atoms with Gasteiger partial charge in [0.15, 0.2) is 0 Å². The normalized spacial score (nSPS) is 18.0. The summed E-state index contributed by atoms with van der Waals surface area (Å²) in [5.41, 5.74) is 5.55. The molecule has 0 aromatic rings. The number of hydrogen-bond acceptors (Lipinski definition) is 3. The molecule has 0 aliphatic heterocycles. The van der Waals surface area contributed by atoms with Crippen LogP contribution in [-0.4, -0.2) is 28.9 Å². The van der Waals surface area contributed by atoms with E-state index in [0.29, 0.717) is 0 Å². The number of carbonyl (C=O) groups excluding carboxylic acids is 2. The maximum Gasteiger partial charge on any atom is 0.242 e. The van der Waals surface area contributed by atoms with Gasteiger partial charge in [0, 0.05) is 6.04 Å². The van der Waals surface area contributed by atoms with Crippen molar-refractivity contribution in [2.24, 2.45) is 17.6 Å². The van der Waals surface area contributed by atoms with Gasteiger partial charge < -0.3 is 16.4 Å². The van der Waals surface area contributed by atoms with E-state index < -0.39 is 12.0 Å². The maximum atomic E-state index is 12.0. The highest BCUT2D eigenvalue weighted by Gasteiger charge is 2.29. The van der Waals surface area contributed by atoms with Crippen LogP contribution in [0.1, 0.15) is 33.6 Å². The lowest BCUT2D eigenvalue weighted by molar-refractivity contribution is -0.130. The Morgan fingerprint density at radius 2 is 1.78 bits per heavy atom. The van der Waals surface area contributed by atoms with Gasteiger partial charge in [-0.3, -0.25) is 9.59 Å². The van der Waals surface area contributed by atoms with Crippen LogP contribution in [0.2, 0.25) is 0 Å². The molecular formula is C12H21N3O2S. The van der Waals surface area contributed by atoms with Crippen molar-refractivity contribution in [3.05, 3.63) is 0 Å². The van der Waals surface area contributed by atoms with Crippen LogP contribution in [0.4, 0.5) is 0 Å². The van der Waals surface area contributed by atoms with Gasteiger partial charge in [-0.25, -0.2) is 0 Å². The van der Waals surface area contributed by atoms with E-state index in [9.17, 15) is 9.59 Å². The highest BCUT2D eigenvalue weighted by atomic mass is 32.1. The molecule has 4 N–H and O–H groups in total. The summed E-state index contributed by atoms with van der Waals surface area (Å²) in [7, 11) is 0. The first-order valence-corrected chi connectivity index (χ1v) is 6.63. The Bertz CT molecular complexity index is 353. The summed E-state index contributed by atoms with van der Waals surface area (Å²) in [4.78, 5) is 23.8. The molecule has 0 saturated heterocycles. The number of carbonyl (C=O) groups is 2. The largest absolute Gasteiger partial charge is 0.393 e. The highest BCUT2D eigenvalue weighted by Crippen LogP contribution is 2.18.